The van der Waals surface area contributed by atoms with Crippen LogP contribution in [0.3, 0.4) is 0 Å². The van der Waals surface area contributed by atoms with Crippen molar-refractivity contribution < 1.29 is 18.8 Å². The molecular formula is C26H25FN4O3S. The third kappa shape index (κ3) is 4.68. The van der Waals surface area contributed by atoms with Crippen LogP contribution < -0.4 is 5.32 Å². The molecule has 7 nitrogen and oxygen atoms in total. The Morgan fingerprint density at radius 2 is 2.00 bits per heavy atom. The van der Waals surface area contributed by atoms with Crippen LogP contribution >= 0.6 is 11.3 Å². The molecule has 1 unspecified atom stereocenters. The number of carbonyl (C=O) groups is 3. The molecule has 3 aromatic rings. The zero-order valence-corrected chi connectivity index (χ0v) is 20.1. The smallest absolute Gasteiger partial charge is 0.255 e. The zero-order chi connectivity index (χ0) is 24.5. The molecule has 1 aromatic heterocycles. The standard InChI is InChI=1S/C26H25FN4O3S/c1-16-24(35-15-29-16)18-6-4-17(5-7-18)12-28-25(33)22-3-2-10-31(22)23(32)14-30-13-19-8-9-20(27)11-21(19)26(30)34/h4-9,11,15,22H,2-3,10,12-14H2,1H3,(H,28,33). The van der Waals surface area contributed by atoms with Gasteiger partial charge in [-0.1, -0.05) is 30.3 Å². The van der Waals surface area contributed by atoms with Crippen molar-refractivity contribution in [3.05, 3.63) is 76.2 Å². The van der Waals surface area contributed by atoms with Gasteiger partial charge in [-0.2, -0.15) is 0 Å². The Balaban J connectivity index is 1.17. The van der Waals surface area contributed by atoms with Gasteiger partial charge < -0.3 is 15.1 Å². The van der Waals surface area contributed by atoms with Crippen LogP contribution in [0.2, 0.25) is 0 Å². The SMILES string of the molecule is Cc1ncsc1-c1ccc(CNC(=O)C2CCCN2C(=O)CN2Cc3ccc(F)cc3C2=O)cc1. The molecule has 2 aliphatic heterocycles. The molecule has 1 saturated heterocycles. The first-order valence-corrected chi connectivity index (χ1v) is 12.4. The molecule has 2 aliphatic rings. The van der Waals surface area contributed by atoms with Gasteiger partial charge in [0.1, 0.15) is 18.4 Å². The van der Waals surface area contributed by atoms with Crippen LogP contribution in [0.5, 0.6) is 0 Å². The number of likely N-dealkylation sites (tertiary alicyclic amines) is 1. The Hall–Kier alpha value is -3.59. The Morgan fingerprint density at radius 1 is 1.20 bits per heavy atom. The zero-order valence-electron chi connectivity index (χ0n) is 19.3. The lowest BCUT2D eigenvalue weighted by Gasteiger charge is -2.26. The van der Waals surface area contributed by atoms with E-state index in [-0.39, 0.29) is 30.8 Å². The number of halogens is 1. The summed E-state index contributed by atoms with van der Waals surface area (Å²) < 4.78 is 13.5. The lowest BCUT2D eigenvalue weighted by molar-refractivity contribution is -0.139. The van der Waals surface area contributed by atoms with Gasteiger partial charge in [0.05, 0.1) is 16.1 Å². The van der Waals surface area contributed by atoms with Crippen molar-refractivity contribution in [2.45, 2.75) is 38.9 Å². The van der Waals surface area contributed by atoms with Crippen LogP contribution in [0.25, 0.3) is 10.4 Å². The summed E-state index contributed by atoms with van der Waals surface area (Å²) in [6.45, 7) is 2.96. The minimum absolute atomic E-state index is 0.128. The van der Waals surface area contributed by atoms with Crippen LogP contribution in [0.1, 0.15) is 40.0 Å². The highest BCUT2D eigenvalue weighted by atomic mass is 32.1. The highest BCUT2D eigenvalue weighted by Crippen LogP contribution is 2.27. The normalized spacial score (nSPS) is 17.1. The number of amides is 3. The Kier molecular flexibility index (Phi) is 6.34. The van der Waals surface area contributed by atoms with Crippen LogP contribution in [-0.4, -0.2) is 51.6 Å². The number of carbonyl (C=O) groups excluding carboxylic acids is 3. The second-order valence-electron chi connectivity index (χ2n) is 8.89. The quantitative estimate of drug-likeness (QED) is 0.571. The molecule has 0 bridgehead atoms. The first kappa shape index (κ1) is 23.2. The van der Waals surface area contributed by atoms with E-state index in [1.807, 2.05) is 36.7 Å². The van der Waals surface area contributed by atoms with E-state index in [2.05, 4.69) is 10.3 Å². The van der Waals surface area contributed by atoms with Crippen molar-refractivity contribution in [1.29, 1.82) is 0 Å². The van der Waals surface area contributed by atoms with E-state index >= 15 is 0 Å². The molecule has 2 aromatic carbocycles. The molecule has 180 valence electrons. The number of thiazole rings is 1. The molecule has 5 rings (SSSR count). The Morgan fingerprint density at radius 3 is 2.74 bits per heavy atom. The van der Waals surface area contributed by atoms with Crippen molar-refractivity contribution in [1.82, 2.24) is 20.1 Å². The van der Waals surface area contributed by atoms with Crippen LogP contribution in [0, 0.1) is 12.7 Å². The van der Waals surface area contributed by atoms with Gasteiger partial charge in [0.25, 0.3) is 5.91 Å². The predicted octanol–water partition coefficient (Wildman–Crippen LogP) is 3.52. The van der Waals surface area contributed by atoms with Gasteiger partial charge in [-0.25, -0.2) is 9.37 Å². The molecular weight excluding hydrogens is 467 g/mol. The number of nitrogens with one attached hydrogen (secondary N) is 1. The Bertz CT molecular complexity index is 1290. The minimum atomic E-state index is -0.556. The first-order chi connectivity index (χ1) is 16.9. The number of rotatable bonds is 6. The van der Waals surface area contributed by atoms with E-state index in [1.165, 1.54) is 17.0 Å². The molecule has 0 aliphatic carbocycles. The van der Waals surface area contributed by atoms with E-state index < -0.39 is 11.9 Å². The summed E-state index contributed by atoms with van der Waals surface area (Å²) in [5.74, 6) is -1.30. The number of hydrogen-bond donors (Lipinski definition) is 1. The fraction of sp³-hybridized carbons (Fsp3) is 0.308. The predicted molar refractivity (Wildman–Crippen MR) is 130 cm³/mol. The molecule has 0 spiro atoms. The Labute approximate surface area is 206 Å². The fourth-order valence-electron chi connectivity index (χ4n) is 4.71. The van der Waals surface area contributed by atoms with Crippen LogP contribution in [-0.2, 0) is 22.7 Å². The van der Waals surface area contributed by atoms with Crippen molar-refractivity contribution in [3.8, 4) is 10.4 Å². The average molecular weight is 493 g/mol. The fourth-order valence-corrected chi connectivity index (χ4v) is 5.52. The topological polar surface area (TPSA) is 82.6 Å². The highest BCUT2D eigenvalue weighted by Gasteiger charge is 2.36. The molecule has 1 fully saturated rings. The van der Waals surface area contributed by atoms with Crippen LogP contribution in [0.4, 0.5) is 4.39 Å². The van der Waals surface area contributed by atoms with Gasteiger partial charge in [-0.15, -0.1) is 11.3 Å². The maximum absolute atomic E-state index is 13.5. The summed E-state index contributed by atoms with van der Waals surface area (Å²) in [5, 5.41) is 2.95. The molecule has 0 radical (unpaired) electrons. The molecule has 35 heavy (non-hydrogen) atoms. The van der Waals surface area contributed by atoms with Crippen molar-refractivity contribution in [3.63, 3.8) is 0 Å². The lowest BCUT2D eigenvalue weighted by Crippen LogP contribution is -2.48. The largest absolute Gasteiger partial charge is 0.350 e. The summed E-state index contributed by atoms with van der Waals surface area (Å²) in [6, 6.07) is 11.5. The summed E-state index contributed by atoms with van der Waals surface area (Å²) >= 11 is 1.60. The van der Waals surface area contributed by atoms with E-state index in [4.69, 9.17) is 0 Å². The summed E-state index contributed by atoms with van der Waals surface area (Å²) in [5.41, 5.74) is 5.88. The highest BCUT2D eigenvalue weighted by molar-refractivity contribution is 7.13. The molecule has 1 atom stereocenters. The van der Waals surface area contributed by atoms with Gasteiger partial charge in [0.15, 0.2) is 0 Å². The van der Waals surface area contributed by atoms with E-state index in [0.717, 1.165) is 28.1 Å². The molecule has 1 N–H and O–H groups in total. The summed E-state index contributed by atoms with van der Waals surface area (Å²) in [4.78, 5) is 46.9. The number of nitrogens with zero attached hydrogens (tertiary/aromatic N) is 3. The number of hydrogen-bond acceptors (Lipinski definition) is 5. The number of fused-ring (bicyclic) bond motifs is 1. The third-order valence-electron chi connectivity index (χ3n) is 6.58. The first-order valence-electron chi connectivity index (χ1n) is 11.5. The van der Waals surface area contributed by atoms with E-state index in [9.17, 15) is 18.8 Å². The van der Waals surface area contributed by atoms with Gasteiger partial charge in [0, 0.05) is 25.2 Å². The molecule has 3 amide bonds. The second kappa shape index (κ2) is 9.58. The van der Waals surface area contributed by atoms with Gasteiger partial charge in [-0.3, -0.25) is 14.4 Å². The number of benzene rings is 2. The molecule has 0 saturated carbocycles. The van der Waals surface area contributed by atoms with E-state index in [1.54, 1.807) is 22.3 Å². The minimum Gasteiger partial charge on any atom is -0.350 e. The summed E-state index contributed by atoms with van der Waals surface area (Å²) in [6.07, 6.45) is 1.31. The van der Waals surface area contributed by atoms with E-state index in [0.29, 0.717) is 30.6 Å². The maximum Gasteiger partial charge on any atom is 0.255 e. The van der Waals surface area contributed by atoms with Crippen molar-refractivity contribution in [2.75, 3.05) is 13.1 Å². The molecule has 3 heterocycles. The third-order valence-corrected chi connectivity index (χ3v) is 7.56. The average Bonchev–Trinajstić information content (AvgIpc) is 3.58. The van der Waals surface area contributed by atoms with Gasteiger partial charge >= 0.3 is 0 Å². The lowest BCUT2D eigenvalue weighted by atomic mass is 10.1. The molecule has 9 heteroatoms. The summed E-state index contributed by atoms with van der Waals surface area (Å²) in [7, 11) is 0. The van der Waals surface area contributed by atoms with Gasteiger partial charge in [-0.05, 0) is 48.6 Å². The van der Waals surface area contributed by atoms with Crippen molar-refractivity contribution in [2.24, 2.45) is 0 Å². The number of aromatic nitrogens is 1. The second-order valence-corrected chi connectivity index (χ2v) is 9.74. The number of aryl methyl sites for hydroxylation is 1. The van der Waals surface area contributed by atoms with Gasteiger partial charge in [0.2, 0.25) is 11.8 Å². The van der Waals surface area contributed by atoms with Crippen molar-refractivity contribution >= 4 is 29.1 Å². The van der Waals surface area contributed by atoms with Crippen LogP contribution in [0.15, 0.2) is 48.0 Å². The monoisotopic (exact) mass is 492 g/mol. The maximum atomic E-state index is 13.5.